The van der Waals surface area contributed by atoms with E-state index in [2.05, 4.69) is 0 Å². The normalized spacial score (nSPS) is 10.3. The second-order valence-electron chi connectivity index (χ2n) is 5.50. The lowest BCUT2D eigenvalue weighted by molar-refractivity contribution is 0.112. The predicted molar refractivity (Wildman–Crippen MR) is 93.3 cm³/mol. The highest BCUT2D eigenvalue weighted by Gasteiger charge is 2.14. The fraction of sp³-hybridized carbons (Fsp3) is 0.0952. The Labute approximate surface area is 145 Å². The molecule has 0 spiro atoms. The number of hydrogen-bond acceptors (Lipinski definition) is 3. The summed E-state index contributed by atoms with van der Waals surface area (Å²) < 4.78 is 25.7. The second kappa shape index (κ2) is 8.11. The van der Waals surface area contributed by atoms with Crippen LogP contribution in [0.3, 0.4) is 0 Å². The maximum Gasteiger partial charge on any atom is 0.206 e. The molecule has 3 aromatic carbocycles. The van der Waals surface area contributed by atoms with Crippen LogP contribution < -0.4 is 9.47 Å². The van der Waals surface area contributed by atoms with Crippen molar-refractivity contribution in [3.05, 3.63) is 95.3 Å². The van der Waals surface area contributed by atoms with Gasteiger partial charge in [-0.3, -0.25) is 4.79 Å². The molecular formula is C21H17FO3. The van der Waals surface area contributed by atoms with E-state index < -0.39 is 5.82 Å². The number of aldehydes is 1. The van der Waals surface area contributed by atoms with E-state index in [4.69, 9.17) is 9.47 Å². The van der Waals surface area contributed by atoms with Gasteiger partial charge in [-0.05, 0) is 23.3 Å². The van der Waals surface area contributed by atoms with Gasteiger partial charge in [-0.15, -0.1) is 0 Å². The van der Waals surface area contributed by atoms with Crippen molar-refractivity contribution < 1.29 is 18.7 Å². The van der Waals surface area contributed by atoms with Crippen LogP contribution in [0.1, 0.15) is 21.5 Å². The van der Waals surface area contributed by atoms with Crippen molar-refractivity contribution in [1.82, 2.24) is 0 Å². The molecular weight excluding hydrogens is 319 g/mol. The summed E-state index contributed by atoms with van der Waals surface area (Å²) in [6.07, 6.45) is 0.643. The van der Waals surface area contributed by atoms with E-state index in [1.54, 1.807) is 0 Å². The van der Waals surface area contributed by atoms with Gasteiger partial charge < -0.3 is 9.47 Å². The van der Waals surface area contributed by atoms with Gasteiger partial charge in [0.2, 0.25) is 5.82 Å². The molecule has 3 aromatic rings. The molecule has 0 N–H and O–H groups in total. The molecule has 0 aromatic heterocycles. The summed E-state index contributed by atoms with van der Waals surface area (Å²) in [4.78, 5) is 11.1. The van der Waals surface area contributed by atoms with Crippen LogP contribution in [0.15, 0.2) is 72.8 Å². The predicted octanol–water partition coefficient (Wildman–Crippen LogP) is 4.80. The van der Waals surface area contributed by atoms with Gasteiger partial charge in [0, 0.05) is 5.56 Å². The Bertz CT molecular complexity index is 768. The lowest BCUT2D eigenvalue weighted by Gasteiger charge is -2.13. The zero-order valence-electron chi connectivity index (χ0n) is 13.5. The molecule has 25 heavy (non-hydrogen) atoms. The van der Waals surface area contributed by atoms with E-state index in [-0.39, 0.29) is 24.7 Å². The van der Waals surface area contributed by atoms with Crippen molar-refractivity contribution >= 4 is 6.29 Å². The Morgan fingerprint density at radius 1 is 0.760 bits per heavy atom. The molecule has 3 nitrogen and oxygen atoms in total. The topological polar surface area (TPSA) is 35.5 Å². The molecule has 0 atom stereocenters. The number of ether oxygens (including phenoxy) is 2. The largest absolute Gasteiger partial charge is 0.486 e. The van der Waals surface area contributed by atoms with Gasteiger partial charge in [-0.25, -0.2) is 0 Å². The van der Waals surface area contributed by atoms with Crippen LogP contribution in [0.4, 0.5) is 4.39 Å². The standard InChI is InChI=1S/C21H17FO3/c22-21-19(24-14-16-7-3-1-4-8-16)11-18(13-23)12-20(21)25-15-17-9-5-2-6-10-17/h1-13H,14-15H2. The highest BCUT2D eigenvalue weighted by Crippen LogP contribution is 2.29. The molecule has 0 amide bonds. The summed E-state index contributed by atoms with van der Waals surface area (Å²) in [7, 11) is 0. The first-order valence-corrected chi connectivity index (χ1v) is 7.88. The second-order valence-corrected chi connectivity index (χ2v) is 5.50. The molecule has 0 radical (unpaired) electrons. The third kappa shape index (κ3) is 4.44. The van der Waals surface area contributed by atoms with Gasteiger partial charge in [-0.1, -0.05) is 60.7 Å². The number of rotatable bonds is 7. The van der Waals surface area contributed by atoms with E-state index in [0.29, 0.717) is 11.8 Å². The average Bonchev–Trinajstić information content (AvgIpc) is 2.68. The lowest BCUT2D eigenvalue weighted by Crippen LogP contribution is -2.02. The summed E-state index contributed by atoms with van der Waals surface area (Å²) in [5.41, 5.74) is 2.11. The quantitative estimate of drug-likeness (QED) is 0.582. The third-order valence-corrected chi connectivity index (χ3v) is 3.64. The summed E-state index contributed by atoms with van der Waals surface area (Å²) in [5.74, 6) is -0.620. The van der Waals surface area contributed by atoms with Gasteiger partial charge in [0.25, 0.3) is 0 Å². The van der Waals surface area contributed by atoms with Gasteiger partial charge >= 0.3 is 0 Å². The van der Waals surface area contributed by atoms with Gasteiger partial charge in [0.05, 0.1) is 0 Å². The Morgan fingerprint density at radius 2 is 1.20 bits per heavy atom. The third-order valence-electron chi connectivity index (χ3n) is 3.64. The highest BCUT2D eigenvalue weighted by atomic mass is 19.1. The summed E-state index contributed by atoms with van der Waals surface area (Å²) in [5, 5.41) is 0. The van der Waals surface area contributed by atoms with Gasteiger partial charge in [0.1, 0.15) is 19.5 Å². The molecule has 0 unspecified atom stereocenters. The van der Waals surface area contributed by atoms with E-state index in [9.17, 15) is 9.18 Å². The molecule has 3 rings (SSSR count). The molecule has 0 saturated heterocycles. The zero-order chi connectivity index (χ0) is 17.5. The molecule has 0 aliphatic rings. The first-order valence-electron chi connectivity index (χ1n) is 7.88. The minimum absolute atomic E-state index is 0.00323. The van der Waals surface area contributed by atoms with Crippen molar-refractivity contribution in [2.75, 3.05) is 0 Å². The Balaban J connectivity index is 1.77. The van der Waals surface area contributed by atoms with Gasteiger partial charge in [0.15, 0.2) is 11.5 Å². The number of halogens is 1. The Kier molecular flexibility index (Phi) is 5.42. The van der Waals surface area contributed by atoms with Crippen LogP contribution >= 0.6 is 0 Å². The Morgan fingerprint density at radius 3 is 1.60 bits per heavy atom. The highest BCUT2D eigenvalue weighted by molar-refractivity contribution is 5.76. The van der Waals surface area contributed by atoms with Crippen molar-refractivity contribution in [2.45, 2.75) is 13.2 Å². The Hall–Kier alpha value is -3.14. The van der Waals surface area contributed by atoms with Crippen LogP contribution in [-0.4, -0.2) is 6.29 Å². The SMILES string of the molecule is O=Cc1cc(OCc2ccccc2)c(F)c(OCc2ccccc2)c1. The number of carbonyl (C=O) groups excluding carboxylic acids is 1. The van der Waals surface area contributed by atoms with E-state index in [1.807, 2.05) is 60.7 Å². The maximum absolute atomic E-state index is 14.6. The maximum atomic E-state index is 14.6. The van der Waals surface area contributed by atoms with Crippen LogP contribution in [-0.2, 0) is 13.2 Å². The van der Waals surface area contributed by atoms with E-state index in [1.165, 1.54) is 12.1 Å². The van der Waals surface area contributed by atoms with Crippen molar-refractivity contribution in [3.8, 4) is 11.5 Å². The molecule has 0 aliphatic heterocycles. The summed E-state index contributed by atoms with van der Waals surface area (Å²) in [6.45, 7) is 0.413. The fourth-order valence-corrected chi connectivity index (χ4v) is 2.34. The zero-order valence-corrected chi connectivity index (χ0v) is 13.5. The van der Waals surface area contributed by atoms with Crippen LogP contribution in [0.5, 0.6) is 11.5 Å². The molecule has 4 heteroatoms. The van der Waals surface area contributed by atoms with Crippen molar-refractivity contribution in [2.24, 2.45) is 0 Å². The smallest absolute Gasteiger partial charge is 0.206 e. The van der Waals surface area contributed by atoms with Crippen LogP contribution in [0, 0.1) is 5.82 Å². The van der Waals surface area contributed by atoms with E-state index >= 15 is 0 Å². The van der Waals surface area contributed by atoms with E-state index in [0.717, 1.165) is 11.1 Å². The average molecular weight is 336 g/mol. The number of benzene rings is 3. The molecule has 0 heterocycles. The minimum Gasteiger partial charge on any atom is -0.486 e. The van der Waals surface area contributed by atoms with Crippen LogP contribution in [0.25, 0.3) is 0 Å². The number of carbonyl (C=O) groups is 1. The molecule has 0 bridgehead atoms. The first kappa shape index (κ1) is 16.7. The molecule has 126 valence electrons. The number of hydrogen-bond donors (Lipinski definition) is 0. The minimum atomic E-state index is -0.613. The van der Waals surface area contributed by atoms with Crippen molar-refractivity contribution in [1.29, 1.82) is 0 Å². The van der Waals surface area contributed by atoms with Crippen LogP contribution in [0.2, 0.25) is 0 Å². The monoisotopic (exact) mass is 336 g/mol. The summed E-state index contributed by atoms with van der Waals surface area (Å²) in [6, 6.07) is 21.6. The van der Waals surface area contributed by atoms with Gasteiger partial charge in [-0.2, -0.15) is 4.39 Å². The summed E-state index contributed by atoms with van der Waals surface area (Å²) >= 11 is 0. The molecule has 0 saturated carbocycles. The fourth-order valence-electron chi connectivity index (χ4n) is 2.34. The lowest BCUT2D eigenvalue weighted by atomic mass is 10.2. The molecule has 0 fully saturated rings. The first-order chi connectivity index (χ1) is 12.3. The van der Waals surface area contributed by atoms with Crippen molar-refractivity contribution in [3.63, 3.8) is 0 Å². The molecule has 0 aliphatic carbocycles.